The quantitative estimate of drug-likeness (QED) is 0.603. The number of esters is 1. The van der Waals surface area contributed by atoms with Crippen molar-refractivity contribution in [1.82, 2.24) is 4.98 Å². The van der Waals surface area contributed by atoms with Crippen molar-refractivity contribution in [3.63, 3.8) is 0 Å². The molecule has 4 nitrogen and oxygen atoms in total. The summed E-state index contributed by atoms with van der Waals surface area (Å²) in [6.45, 7) is 2.18. The summed E-state index contributed by atoms with van der Waals surface area (Å²) in [5.41, 5.74) is 2.55. The molecule has 2 aromatic rings. The molecule has 0 bridgehead atoms. The second kappa shape index (κ2) is 7.81. The highest BCUT2D eigenvalue weighted by atomic mass is 32.2. The summed E-state index contributed by atoms with van der Waals surface area (Å²) in [5, 5.41) is 10.6. The Bertz CT molecular complexity index is 644. The topological polar surface area (TPSA) is 63.0 Å². The molecule has 1 aromatic carbocycles. The van der Waals surface area contributed by atoms with Crippen LogP contribution in [0.1, 0.15) is 23.7 Å². The Labute approximate surface area is 131 Å². The number of thiazole rings is 1. The smallest absolute Gasteiger partial charge is 0.311 e. The molecule has 0 radical (unpaired) electrons. The predicted octanol–water partition coefficient (Wildman–Crippen LogP) is 3.41. The number of nitriles is 1. The summed E-state index contributed by atoms with van der Waals surface area (Å²) in [5.74, 6) is 0.546. The van der Waals surface area contributed by atoms with E-state index >= 15 is 0 Å². The van der Waals surface area contributed by atoms with Crippen LogP contribution in [0.2, 0.25) is 0 Å². The molecule has 0 saturated heterocycles. The summed E-state index contributed by atoms with van der Waals surface area (Å²) in [6, 6.07) is 9.60. The van der Waals surface area contributed by atoms with Crippen molar-refractivity contribution in [3.8, 4) is 6.07 Å². The molecule has 0 aliphatic rings. The lowest BCUT2D eigenvalue weighted by Crippen LogP contribution is -2.07. The summed E-state index contributed by atoms with van der Waals surface area (Å²) < 4.78 is 5.83. The van der Waals surface area contributed by atoms with E-state index in [0.717, 1.165) is 21.3 Å². The number of rotatable bonds is 6. The van der Waals surface area contributed by atoms with Crippen LogP contribution in [0.25, 0.3) is 0 Å². The molecule has 1 aromatic heterocycles. The Morgan fingerprint density at radius 1 is 1.43 bits per heavy atom. The molecule has 0 unspecified atom stereocenters. The van der Waals surface area contributed by atoms with Crippen molar-refractivity contribution < 1.29 is 9.53 Å². The van der Waals surface area contributed by atoms with Crippen LogP contribution >= 0.6 is 23.1 Å². The molecule has 1 heterocycles. The van der Waals surface area contributed by atoms with Crippen LogP contribution in [0, 0.1) is 11.3 Å². The molecule has 21 heavy (non-hydrogen) atoms. The van der Waals surface area contributed by atoms with Crippen LogP contribution in [0.15, 0.2) is 34.0 Å². The van der Waals surface area contributed by atoms with E-state index in [1.165, 1.54) is 11.3 Å². The van der Waals surface area contributed by atoms with Gasteiger partial charge >= 0.3 is 5.97 Å². The van der Waals surface area contributed by atoms with Crippen molar-refractivity contribution in [2.45, 2.75) is 23.4 Å². The number of hydrogen-bond acceptors (Lipinski definition) is 6. The fraction of sp³-hybridized carbons (Fsp3) is 0.267. The van der Waals surface area contributed by atoms with Crippen LogP contribution < -0.4 is 0 Å². The first-order chi connectivity index (χ1) is 10.2. The zero-order valence-electron chi connectivity index (χ0n) is 11.5. The molecule has 0 fully saturated rings. The fourth-order valence-corrected chi connectivity index (χ4v) is 3.42. The number of thioether (sulfide) groups is 1. The summed E-state index contributed by atoms with van der Waals surface area (Å²) >= 11 is 3.15. The third-order valence-electron chi connectivity index (χ3n) is 2.61. The van der Waals surface area contributed by atoms with Gasteiger partial charge in [-0.25, -0.2) is 4.98 Å². The first-order valence-corrected chi connectivity index (χ1v) is 8.29. The molecule has 108 valence electrons. The maximum atomic E-state index is 11.4. The minimum atomic E-state index is -0.244. The number of nitrogens with zero attached hydrogens (tertiary/aromatic N) is 2. The van der Waals surface area contributed by atoms with Gasteiger partial charge in [-0.2, -0.15) is 5.26 Å². The van der Waals surface area contributed by atoms with E-state index in [9.17, 15) is 4.79 Å². The zero-order valence-corrected chi connectivity index (χ0v) is 13.2. The van der Waals surface area contributed by atoms with Crippen LogP contribution in [0.5, 0.6) is 0 Å². The van der Waals surface area contributed by atoms with Crippen molar-refractivity contribution in [2.75, 3.05) is 6.61 Å². The van der Waals surface area contributed by atoms with E-state index in [1.807, 2.05) is 29.6 Å². The third-order valence-corrected chi connectivity index (χ3v) is 4.75. The summed E-state index contributed by atoms with van der Waals surface area (Å²) in [4.78, 5) is 15.8. The lowest BCUT2D eigenvalue weighted by Gasteiger charge is -1.99. The van der Waals surface area contributed by atoms with E-state index in [1.54, 1.807) is 18.7 Å². The molecule has 0 spiro atoms. The molecule has 0 aliphatic carbocycles. The van der Waals surface area contributed by atoms with Gasteiger partial charge in [0.15, 0.2) is 0 Å². The molecule has 0 amide bonds. The second-order valence-electron chi connectivity index (χ2n) is 4.18. The maximum Gasteiger partial charge on any atom is 0.311 e. The molecule has 0 saturated carbocycles. The van der Waals surface area contributed by atoms with Crippen LogP contribution in [0.4, 0.5) is 0 Å². The van der Waals surface area contributed by atoms with Gasteiger partial charge in [0.1, 0.15) is 4.34 Å². The fourth-order valence-electron chi connectivity index (χ4n) is 1.62. The van der Waals surface area contributed by atoms with Crippen LogP contribution in [-0.2, 0) is 21.7 Å². The van der Waals surface area contributed by atoms with E-state index in [2.05, 4.69) is 11.1 Å². The van der Waals surface area contributed by atoms with Gasteiger partial charge in [0.25, 0.3) is 0 Å². The lowest BCUT2D eigenvalue weighted by molar-refractivity contribution is -0.142. The monoisotopic (exact) mass is 318 g/mol. The predicted molar refractivity (Wildman–Crippen MR) is 83.2 cm³/mol. The standard InChI is InChI=1S/C15H14N2O2S2/c1-2-19-14(18)7-13-10-21-15(17-13)20-9-12-5-3-11(8-16)4-6-12/h3-6,10H,2,7,9H2,1H3. The Morgan fingerprint density at radius 2 is 2.19 bits per heavy atom. The average molecular weight is 318 g/mol. The maximum absolute atomic E-state index is 11.4. The van der Waals surface area contributed by atoms with Crippen molar-refractivity contribution >= 4 is 29.1 Å². The molecular formula is C15H14N2O2S2. The number of ether oxygens (including phenoxy) is 1. The molecule has 0 atom stereocenters. The number of hydrogen-bond donors (Lipinski definition) is 0. The average Bonchev–Trinajstić information content (AvgIpc) is 2.93. The van der Waals surface area contributed by atoms with Crippen molar-refractivity contribution in [3.05, 3.63) is 46.5 Å². The molecule has 0 aliphatic heterocycles. The molecular weight excluding hydrogens is 304 g/mol. The Morgan fingerprint density at radius 3 is 2.86 bits per heavy atom. The SMILES string of the molecule is CCOC(=O)Cc1csc(SCc2ccc(C#N)cc2)n1. The molecule has 2 rings (SSSR count). The van der Waals surface area contributed by atoms with Gasteiger partial charge in [-0.05, 0) is 24.6 Å². The van der Waals surface area contributed by atoms with E-state index in [4.69, 9.17) is 10.00 Å². The van der Waals surface area contributed by atoms with Gasteiger partial charge in [-0.3, -0.25) is 4.79 Å². The van der Waals surface area contributed by atoms with E-state index in [-0.39, 0.29) is 12.4 Å². The van der Waals surface area contributed by atoms with E-state index in [0.29, 0.717) is 12.2 Å². The van der Waals surface area contributed by atoms with Gasteiger partial charge in [0.2, 0.25) is 0 Å². The number of carbonyl (C=O) groups is 1. The van der Waals surface area contributed by atoms with Crippen LogP contribution in [-0.4, -0.2) is 17.6 Å². The second-order valence-corrected chi connectivity index (χ2v) is 6.26. The third kappa shape index (κ3) is 4.88. The van der Waals surface area contributed by atoms with Gasteiger partial charge in [-0.15, -0.1) is 11.3 Å². The van der Waals surface area contributed by atoms with Gasteiger partial charge in [-0.1, -0.05) is 23.9 Å². The largest absolute Gasteiger partial charge is 0.466 e. The first kappa shape index (κ1) is 15.5. The number of aromatic nitrogens is 1. The summed E-state index contributed by atoms with van der Waals surface area (Å²) in [7, 11) is 0. The van der Waals surface area contributed by atoms with Crippen molar-refractivity contribution in [1.29, 1.82) is 5.26 Å². The lowest BCUT2D eigenvalue weighted by atomic mass is 10.2. The molecule has 0 N–H and O–H groups in total. The Kier molecular flexibility index (Phi) is 5.78. The van der Waals surface area contributed by atoms with Gasteiger partial charge in [0.05, 0.1) is 30.4 Å². The molecule has 6 heteroatoms. The van der Waals surface area contributed by atoms with Crippen molar-refractivity contribution in [2.24, 2.45) is 0 Å². The highest BCUT2D eigenvalue weighted by Gasteiger charge is 2.08. The first-order valence-electron chi connectivity index (χ1n) is 6.43. The summed E-state index contributed by atoms with van der Waals surface area (Å²) in [6.07, 6.45) is 0.224. The Hall–Kier alpha value is -1.84. The van der Waals surface area contributed by atoms with Gasteiger partial charge < -0.3 is 4.74 Å². The normalized spacial score (nSPS) is 10.1. The van der Waals surface area contributed by atoms with Crippen LogP contribution in [0.3, 0.4) is 0 Å². The zero-order chi connectivity index (χ0) is 15.1. The Balaban J connectivity index is 1.87. The highest BCUT2D eigenvalue weighted by molar-refractivity contribution is 8.00. The number of carbonyl (C=O) groups excluding carboxylic acids is 1. The minimum absolute atomic E-state index is 0.224. The highest BCUT2D eigenvalue weighted by Crippen LogP contribution is 2.26. The van der Waals surface area contributed by atoms with E-state index < -0.39 is 0 Å². The number of benzene rings is 1. The minimum Gasteiger partial charge on any atom is -0.466 e. The van der Waals surface area contributed by atoms with Gasteiger partial charge in [0, 0.05) is 11.1 Å².